The summed E-state index contributed by atoms with van der Waals surface area (Å²) in [6.07, 6.45) is 3.08. The van der Waals surface area contributed by atoms with Crippen LogP contribution < -0.4 is 5.73 Å². The van der Waals surface area contributed by atoms with E-state index in [0.717, 1.165) is 0 Å². The second-order valence-electron chi connectivity index (χ2n) is 7.70. The fourth-order valence-electron chi connectivity index (χ4n) is 3.23. The van der Waals surface area contributed by atoms with Crippen LogP contribution in [-0.2, 0) is 19.1 Å². The zero-order chi connectivity index (χ0) is 28.9. The van der Waals surface area contributed by atoms with Crippen molar-refractivity contribution in [1.29, 1.82) is 0 Å². The van der Waals surface area contributed by atoms with Crippen LogP contribution >= 0.6 is 12.4 Å². The highest BCUT2D eigenvalue weighted by atomic mass is 35.5. The van der Waals surface area contributed by atoms with E-state index in [2.05, 4.69) is 19.4 Å². The minimum Gasteiger partial charge on any atom is -0.508 e. The molecule has 0 saturated heterocycles. The maximum absolute atomic E-state index is 12.1. The summed E-state index contributed by atoms with van der Waals surface area (Å²) in [5, 5.41) is 28.6. The van der Waals surface area contributed by atoms with Gasteiger partial charge in [-0.1, -0.05) is 0 Å². The molecule has 0 amide bonds. The van der Waals surface area contributed by atoms with Crippen molar-refractivity contribution in [3.8, 4) is 11.5 Å². The van der Waals surface area contributed by atoms with E-state index in [0.29, 0.717) is 27.4 Å². The minimum atomic E-state index is -1.02. The molecule has 0 aliphatic heterocycles. The monoisotopic (exact) mass is 573 g/mol. The number of aromatic hydroxyl groups is 2. The second kappa shape index (κ2) is 16.2. The van der Waals surface area contributed by atoms with Gasteiger partial charge in [-0.2, -0.15) is 0 Å². The Morgan fingerprint density at radius 1 is 0.750 bits per heavy atom. The van der Waals surface area contributed by atoms with Crippen molar-refractivity contribution in [2.75, 3.05) is 20.8 Å². The van der Waals surface area contributed by atoms with Crippen LogP contribution in [0.2, 0.25) is 0 Å². The van der Waals surface area contributed by atoms with Gasteiger partial charge in [-0.25, -0.2) is 4.79 Å². The Balaban J connectivity index is 0.000000335. The Bertz CT molecular complexity index is 1490. The van der Waals surface area contributed by atoms with E-state index >= 15 is 0 Å². The van der Waals surface area contributed by atoms with Crippen LogP contribution in [0.5, 0.6) is 11.5 Å². The summed E-state index contributed by atoms with van der Waals surface area (Å²) in [7, 11) is 2.59. The molecule has 0 unspecified atom stereocenters. The van der Waals surface area contributed by atoms with Crippen molar-refractivity contribution in [3.63, 3.8) is 0 Å². The van der Waals surface area contributed by atoms with Crippen LogP contribution in [0.1, 0.15) is 33.6 Å². The van der Waals surface area contributed by atoms with Crippen molar-refractivity contribution in [3.05, 3.63) is 72.1 Å². The predicted molar refractivity (Wildman–Crippen MR) is 148 cm³/mol. The molecule has 0 fully saturated rings. The largest absolute Gasteiger partial charge is 0.508 e. The van der Waals surface area contributed by atoms with Crippen LogP contribution in [0.25, 0.3) is 21.8 Å². The summed E-state index contributed by atoms with van der Waals surface area (Å²) in [5.41, 5.74) is 6.59. The number of rotatable bonds is 6. The number of benzene rings is 2. The Labute approximate surface area is 234 Å². The lowest BCUT2D eigenvalue weighted by atomic mass is 10.0. The van der Waals surface area contributed by atoms with Crippen LogP contribution in [0.4, 0.5) is 0 Å². The van der Waals surface area contributed by atoms with E-state index in [-0.39, 0.29) is 60.6 Å². The summed E-state index contributed by atoms with van der Waals surface area (Å²) in [5.74, 6) is -1.90. The number of pyridine rings is 2. The molecule has 13 heteroatoms. The third-order valence-corrected chi connectivity index (χ3v) is 5.16. The molecule has 0 bridgehead atoms. The first kappa shape index (κ1) is 33.2. The van der Waals surface area contributed by atoms with Gasteiger partial charge < -0.3 is 30.5 Å². The number of halogens is 1. The number of carbonyl (C=O) groups is 4. The van der Waals surface area contributed by atoms with Crippen molar-refractivity contribution in [2.45, 2.75) is 12.8 Å². The highest BCUT2D eigenvalue weighted by Gasteiger charge is 2.13. The molecule has 0 saturated carbocycles. The molecule has 5 N–H and O–H groups in total. The number of phenols is 2. The number of aromatic nitrogens is 2. The van der Waals surface area contributed by atoms with Crippen LogP contribution in [0.3, 0.4) is 0 Å². The number of esters is 2. The van der Waals surface area contributed by atoms with Gasteiger partial charge in [0.1, 0.15) is 11.5 Å². The third-order valence-electron chi connectivity index (χ3n) is 5.16. The van der Waals surface area contributed by atoms with Crippen molar-refractivity contribution in [2.24, 2.45) is 5.73 Å². The van der Waals surface area contributed by atoms with Gasteiger partial charge in [0.2, 0.25) is 0 Å². The second-order valence-corrected chi connectivity index (χ2v) is 7.70. The van der Waals surface area contributed by atoms with Crippen molar-refractivity contribution >= 4 is 57.9 Å². The molecular weight excluding hydrogens is 546 g/mol. The van der Waals surface area contributed by atoms with Crippen LogP contribution in [0.15, 0.2) is 60.9 Å². The van der Waals surface area contributed by atoms with Gasteiger partial charge in [0.15, 0.2) is 5.78 Å². The molecule has 0 atom stereocenters. The molecule has 0 aliphatic rings. The third kappa shape index (κ3) is 9.49. The SMILES string of the molecule is COC(=O)CCC(=O)c1ccnc2ccc(O)cc12.COC(=O)CN.Cl.O=C(O)c1ccnc2ccc(O)cc12. The zero-order valence-corrected chi connectivity index (χ0v) is 22.4. The summed E-state index contributed by atoms with van der Waals surface area (Å²) in [6.45, 7) is -0.0312. The van der Waals surface area contributed by atoms with Crippen LogP contribution in [-0.4, -0.2) is 69.7 Å². The van der Waals surface area contributed by atoms with Crippen molar-refractivity contribution < 1.29 is 44.0 Å². The number of Topliss-reactive ketones (excluding diaryl/α,β-unsaturated/α-hetero) is 1. The Kier molecular flexibility index (Phi) is 13.5. The first-order valence-corrected chi connectivity index (χ1v) is 11.4. The fraction of sp³-hybridized carbons (Fsp3) is 0.185. The normalized spacial score (nSPS) is 9.68. The number of hydrogen-bond donors (Lipinski definition) is 4. The summed E-state index contributed by atoms with van der Waals surface area (Å²) in [6, 6.07) is 12.1. The van der Waals surface area contributed by atoms with E-state index in [4.69, 9.17) is 10.8 Å². The van der Waals surface area contributed by atoms with E-state index < -0.39 is 11.9 Å². The van der Waals surface area contributed by atoms with Gasteiger partial charge in [0, 0.05) is 35.2 Å². The van der Waals surface area contributed by atoms with E-state index in [9.17, 15) is 29.4 Å². The molecule has 0 spiro atoms. The molecule has 2 aromatic heterocycles. The number of nitrogens with two attached hydrogens (primary N) is 1. The average Bonchev–Trinajstić information content (AvgIpc) is 2.95. The molecule has 40 heavy (non-hydrogen) atoms. The van der Waals surface area contributed by atoms with Gasteiger partial charge >= 0.3 is 17.9 Å². The Morgan fingerprint density at radius 2 is 1.23 bits per heavy atom. The predicted octanol–water partition coefficient (Wildman–Crippen LogP) is 3.25. The highest BCUT2D eigenvalue weighted by Crippen LogP contribution is 2.23. The molecule has 0 aliphatic carbocycles. The maximum atomic E-state index is 12.1. The molecular formula is C27H28ClN3O9. The number of carboxylic acids is 1. The number of methoxy groups -OCH3 is 2. The van der Waals surface area contributed by atoms with Crippen LogP contribution in [0, 0.1) is 0 Å². The number of ether oxygens (including phenoxy) is 2. The van der Waals surface area contributed by atoms with Gasteiger partial charge in [-0.05, 0) is 48.5 Å². The molecule has 12 nitrogen and oxygen atoms in total. The highest BCUT2D eigenvalue weighted by molar-refractivity contribution is 6.08. The quantitative estimate of drug-likeness (QED) is 0.194. The van der Waals surface area contributed by atoms with Gasteiger partial charge in [-0.3, -0.25) is 24.4 Å². The van der Waals surface area contributed by atoms with E-state index in [1.807, 2.05) is 0 Å². The molecule has 212 valence electrons. The molecule has 4 aromatic rings. The van der Waals surface area contributed by atoms with Gasteiger partial charge in [-0.15, -0.1) is 12.4 Å². The average molecular weight is 574 g/mol. The van der Waals surface area contributed by atoms with Crippen molar-refractivity contribution in [1.82, 2.24) is 9.97 Å². The summed E-state index contributed by atoms with van der Waals surface area (Å²) < 4.78 is 8.63. The lowest BCUT2D eigenvalue weighted by Gasteiger charge is -2.05. The topological polar surface area (TPSA) is 199 Å². The number of carbonyl (C=O) groups excluding carboxylic acids is 3. The Hall–Kier alpha value is -4.81. The molecule has 4 rings (SSSR count). The number of fused-ring (bicyclic) bond motifs is 2. The number of phenolic OH excluding ortho intramolecular Hbond substituents is 2. The number of nitrogens with zero attached hydrogens (tertiary/aromatic N) is 2. The van der Waals surface area contributed by atoms with Gasteiger partial charge in [0.05, 0.1) is 43.8 Å². The van der Waals surface area contributed by atoms with E-state index in [1.54, 1.807) is 18.2 Å². The molecule has 2 aromatic carbocycles. The number of carboxylic acid groups (broad SMARTS) is 1. The standard InChI is InChI=1S/C14H13NO4.C10H7NO3.C3H7NO2.ClH/c1-19-14(18)5-4-13(17)10-6-7-15-12-3-2-9(16)8-11(10)12;12-6-1-2-9-8(5-6)7(10(13)14)3-4-11-9;1-6-3(5)2-4;/h2-3,6-8,16H,4-5H2,1H3;1-5,12H,(H,13,14);2,4H2,1H3;1H. The fourth-order valence-corrected chi connectivity index (χ4v) is 3.23. The number of hydrogen-bond acceptors (Lipinski definition) is 11. The summed E-state index contributed by atoms with van der Waals surface area (Å²) >= 11 is 0. The molecule has 0 radical (unpaired) electrons. The first-order valence-electron chi connectivity index (χ1n) is 11.4. The number of aromatic carboxylic acids is 1. The molecule has 2 heterocycles. The summed E-state index contributed by atoms with van der Waals surface area (Å²) in [4.78, 5) is 51.9. The minimum absolute atomic E-state index is 0. The van der Waals surface area contributed by atoms with Gasteiger partial charge in [0.25, 0.3) is 0 Å². The Morgan fingerprint density at radius 3 is 1.65 bits per heavy atom. The van der Waals surface area contributed by atoms with E-state index in [1.165, 1.54) is 56.9 Å². The first-order chi connectivity index (χ1) is 18.6. The zero-order valence-electron chi connectivity index (χ0n) is 21.6. The smallest absolute Gasteiger partial charge is 0.336 e. The lowest BCUT2D eigenvalue weighted by Crippen LogP contribution is -2.14. The number of ketones is 1. The lowest BCUT2D eigenvalue weighted by molar-refractivity contribution is -0.140. The maximum Gasteiger partial charge on any atom is 0.336 e.